The molecule has 0 spiro atoms. The van der Waals surface area contributed by atoms with Crippen LogP contribution in [0.25, 0.3) is 0 Å². The number of hydrogen-bond acceptors (Lipinski definition) is 6. The Kier molecular flexibility index (Phi) is 10.4. The van der Waals surface area contributed by atoms with E-state index in [0.717, 1.165) is 30.6 Å². The minimum atomic E-state index is -0.229. The van der Waals surface area contributed by atoms with Crippen molar-refractivity contribution in [3.05, 3.63) is 36.5 Å². The Bertz CT molecular complexity index is 1120. The number of carbonyl (C=O) groups excluding carboxylic acids is 3. The lowest BCUT2D eigenvalue weighted by molar-refractivity contribution is -0.152. The minimum absolute atomic E-state index is 0.0884. The molecule has 9 unspecified atom stereocenters. The maximum Gasteiger partial charge on any atom is 0.333 e. The zero-order valence-corrected chi connectivity index (χ0v) is 27.7. The van der Waals surface area contributed by atoms with Gasteiger partial charge in [-0.3, -0.25) is 0 Å². The van der Waals surface area contributed by atoms with Gasteiger partial charge in [-0.1, -0.05) is 46.9 Å². The Morgan fingerprint density at radius 3 is 1.65 bits per heavy atom. The van der Waals surface area contributed by atoms with Crippen LogP contribution in [0.15, 0.2) is 36.5 Å². The van der Waals surface area contributed by atoms with Gasteiger partial charge in [0.05, 0.1) is 6.61 Å². The highest BCUT2D eigenvalue weighted by molar-refractivity contribution is 5.87. The van der Waals surface area contributed by atoms with Gasteiger partial charge in [0.25, 0.3) is 0 Å². The second-order valence-electron chi connectivity index (χ2n) is 15.5. The largest absolute Gasteiger partial charge is 0.462 e. The lowest BCUT2D eigenvalue weighted by atomic mass is 9.70. The summed E-state index contributed by atoms with van der Waals surface area (Å²) in [4.78, 5) is 34.0. The third-order valence-electron chi connectivity index (χ3n) is 12.3. The van der Waals surface area contributed by atoms with Gasteiger partial charge in [0.2, 0.25) is 0 Å². The molecule has 6 bridgehead atoms. The van der Waals surface area contributed by atoms with Crippen molar-refractivity contribution in [2.45, 2.75) is 124 Å². The minimum Gasteiger partial charge on any atom is -0.462 e. The fourth-order valence-electron chi connectivity index (χ4n) is 8.99. The Balaban J connectivity index is 0.000000148. The molecular formula is C37H56O6. The van der Waals surface area contributed by atoms with E-state index in [0.29, 0.717) is 46.5 Å². The highest BCUT2D eigenvalue weighted by Crippen LogP contribution is 2.66. The highest BCUT2D eigenvalue weighted by atomic mass is 16.6. The Hall–Kier alpha value is -2.37. The van der Waals surface area contributed by atoms with Crippen LogP contribution >= 0.6 is 0 Å². The van der Waals surface area contributed by atoms with E-state index in [4.69, 9.17) is 14.2 Å². The van der Waals surface area contributed by atoms with Crippen molar-refractivity contribution in [2.24, 2.45) is 46.3 Å². The van der Waals surface area contributed by atoms with E-state index in [1.165, 1.54) is 57.8 Å². The summed E-state index contributed by atoms with van der Waals surface area (Å²) in [6.07, 6.45) is 14.1. The average Bonchev–Trinajstić information content (AvgIpc) is 3.79. The second-order valence-corrected chi connectivity index (χ2v) is 15.5. The van der Waals surface area contributed by atoms with Crippen LogP contribution in [0.2, 0.25) is 0 Å². The maximum atomic E-state index is 11.6. The van der Waals surface area contributed by atoms with Crippen molar-refractivity contribution < 1.29 is 28.6 Å². The fourth-order valence-corrected chi connectivity index (χ4v) is 8.99. The highest BCUT2D eigenvalue weighted by Gasteiger charge is 2.62. The molecule has 0 amide bonds. The molecule has 6 aliphatic carbocycles. The number of esters is 3. The van der Waals surface area contributed by atoms with Crippen molar-refractivity contribution >= 4 is 17.9 Å². The molecule has 0 aromatic carbocycles. The molecule has 9 atom stereocenters. The summed E-state index contributed by atoms with van der Waals surface area (Å²) in [7, 11) is 0. The normalized spacial score (nSPS) is 37.0. The SMILES string of the molecule is C=C(C)C(=O)OC1CC2CCC1(C)C2(C)C.C=C(C)C(=O)OC1CC2CCC1C2.C=C(C)C(=O)OCC1CC2CCC1C2. The van der Waals surface area contributed by atoms with Gasteiger partial charge in [-0.2, -0.15) is 0 Å². The lowest BCUT2D eigenvalue weighted by Gasteiger charge is -2.38. The molecule has 6 fully saturated rings. The van der Waals surface area contributed by atoms with Gasteiger partial charge in [-0.25, -0.2) is 14.4 Å². The predicted octanol–water partition coefficient (Wildman–Crippen LogP) is 8.16. The summed E-state index contributed by atoms with van der Waals surface area (Å²) in [5, 5.41) is 0. The maximum absolute atomic E-state index is 11.6. The summed E-state index contributed by atoms with van der Waals surface area (Å²) >= 11 is 0. The van der Waals surface area contributed by atoms with Crippen LogP contribution in [0.5, 0.6) is 0 Å². The first-order valence-corrected chi connectivity index (χ1v) is 16.7. The molecule has 43 heavy (non-hydrogen) atoms. The molecule has 6 nitrogen and oxygen atoms in total. The molecule has 0 N–H and O–H groups in total. The van der Waals surface area contributed by atoms with Crippen LogP contribution in [0, 0.1) is 46.3 Å². The zero-order valence-electron chi connectivity index (χ0n) is 27.7. The number of carbonyl (C=O) groups is 3. The molecule has 6 saturated carbocycles. The van der Waals surface area contributed by atoms with Gasteiger partial charge in [0.1, 0.15) is 12.2 Å². The molecule has 0 saturated heterocycles. The van der Waals surface area contributed by atoms with Crippen molar-refractivity contribution in [1.29, 1.82) is 0 Å². The summed E-state index contributed by atoms with van der Waals surface area (Å²) < 4.78 is 16.2. The van der Waals surface area contributed by atoms with Crippen LogP contribution in [0.4, 0.5) is 0 Å². The Morgan fingerprint density at radius 2 is 1.23 bits per heavy atom. The van der Waals surface area contributed by atoms with E-state index in [1.54, 1.807) is 20.8 Å². The molecule has 0 aromatic heterocycles. The molecule has 6 heteroatoms. The zero-order chi connectivity index (χ0) is 31.7. The van der Waals surface area contributed by atoms with Gasteiger partial charge < -0.3 is 14.2 Å². The van der Waals surface area contributed by atoms with Gasteiger partial charge in [-0.05, 0) is 126 Å². The first-order valence-electron chi connectivity index (χ1n) is 16.7. The van der Waals surface area contributed by atoms with Crippen molar-refractivity contribution in [1.82, 2.24) is 0 Å². The first kappa shape index (κ1) is 33.5. The molecule has 0 aliphatic heterocycles. The first-order chi connectivity index (χ1) is 20.1. The van der Waals surface area contributed by atoms with E-state index in [9.17, 15) is 14.4 Å². The van der Waals surface area contributed by atoms with Crippen molar-refractivity contribution in [3.63, 3.8) is 0 Å². The number of rotatable bonds is 7. The van der Waals surface area contributed by atoms with Crippen LogP contribution < -0.4 is 0 Å². The van der Waals surface area contributed by atoms with Gasteiger partial charge in [-0.15, -0.1) is 0 Å². The monoisotopic (exact) mass is 596 g/mol. The predicted molar refractivity (Wildman–Crippen MR) is 169 cm³/mol. The molecule has 0 heterocycles. The summed E-state index contributed by atoms with van der Waals surface area (Å²) in [6, 6.07) is 0. The second kappa shape index (κ2) is 13.3. The molecule has 240 valence electrons. The van der Waals surface area contributed by atoms with E-state index < -0.39 is 0 Å². The van der Waals surface area contributed by atoms with Crippen molar-refractivity contribution in [3.8, 4) is 0 Å². The molecule has 6 aliphatic rings. The summed E-state index contributed by atoms with van der Waals surface area (Å²) in [6.45, 7) is 23.4. The third-order valence-corrected chi connectivity index (χ3v) is 12.3. The topological polar surface area (TPSA) is 78.9 Å². The number of hydrogen-bond donors (Lipinski definition) is 0. The van der Waals surface area contributed by atoms with Gasteiger partial charge in [0, 0.05) is 22.1 Å². The van der Waals surface area contributed by atoms with E-state index in [2.05, 4.69) is 40.5 Å². The van der Waals surface area contributed by atoms with Crippen LogP contribution in [0.1, 0.15) is 112 Å². The smallest absolute Gasteiger partial charge is 0.333 e. The van der Waals surface area contributed by atoms with E-state index >= 15 is 0 Å². The van der Waals surface area contributed by atoms with E-state index in [1.807, 2.05) is 0 Å². The molecular weight excluding hydrogens is 540 g/mol. The molecule has 6 rings (SSSR count). The summed E-state index contributed by atoms with van der Waals surface area (Å²) in [5.41, 5.74) is 1.98. The molecule has 0 radical (unpaired) electrons. The lowest BCUT2D eigenvalue weighted by Crippen LogP contribution is -2.38. The van der Waals surface area contributed by atoms with Crippen molar-refractivity contribution in [2.75, 3.05) is 6.61 Å². The molecule has 0 aromatic rings. The Labute approximate surface area is 260 Å². The standard InChI is InChI=1S/C14H22O2.C12H18O2.C11H16O2/c1-9(2)12(15)16-11-8-10-6-7-14(11,5)13(10,3)4;1-8(2)12(13)14-7-11-6-9-3-4-10(11)5-9;1-7(2)11(12)13-10-6-8-3-4-9(10)5-8/h10-11H,1,6-8H2,2-5H3;9-11H,1,3-7H2,2H3;8-10H,1,3-6H2,2H3. The number of ether oxygens (including phenoxy) is 3. The van der Waals surface area contributed by atoms with Gasteiger partial charge >= 0.3 is 17.9 Å². The van der Waals surface area contributed by atoms with E-state index in [-0.39, 0.29) is 35.5 Å². The van der Waals surface area contributed by atoms with Crippen LogP contribution in [0.3, 0.4) is 0 Å². The quantitative estimate of drug-likeness (QED) is 0.168. The third kappa shape index (κ3) is 7.31. The fraction of sp³-hybridized carbons (Fsp3) is 0.757. The Morgan fingerprint density at radius 1 is 0.674 bits per heavy atom. The van der Waals surface area contributed by atoms with Crippen LogP contribution in [-0.4, -0.2) is 36.7 Å². The van der Waals surface area contributed by atoms with Crippen LogP contribution in [-0.2, 0) is 28.6 Å². The number of fused-ring (bicyclic) bond motifs is 6. The van der Waals surface area contributed by atoms with Gasteiger partial charge in [0.15, 0.2) is 0 Å². The average molecular weight is 597 g/mol. The summed E-state index contributed by atoms with van der Waals surface area (Å²) in [5.74, 6) is 3.91.